The first-order valence-corrected chi connectivity index (χ1v) is 8.32. The van der Waals surface area contributed by atoms with Gasteiger partial charge in [0.2, 0.25) is 10.0 Å². The van der Waals surface area contributed by atoms with E-state index in [0.717, 1.165) is 0 Å². The van der Waals surface area contributed by atoms with Gasteiger partial charge in [0.05, 0.1) is 19.1 Å². The molecule has 124 valence electrons. The summed E-state index contributed by atoms with van der Waals surface area (Å²) in [5.74, 6) is 0.386. The molecule has 2 aromatic carbocycles. The van der Waals surface area contributed by atoms with Gasteiger partial charge >= 0.3 is 0 Å². The van der Waals surface area contributed by atoms with E-state index in [-0.39, 0.29) is 17.3 Å². The van der Waals surface area contributed by atoms with Crippen molar-refractivity contribution in [2.45, 2.75) is 18.4 Å². The lowest BCUT2D eigenvalue weighted by molar-refractivity contribution is 0.354. The van der Waals surface area contributed by atoms with Gasteiger partial charge in [-0.3, -0.25) is 0 Å². The highest BCUT2D eigenvalue weighted by atomic mass is 32.2. The molecule has 23 heavy (non-hydrogen) atoms. The van der Waals surface area contributed by atoms with Gasteiger partial charge < -0.3 is 9.47 Å². The number of halogens is 1. The highest BCUT2D eigenvalue weighted by Crippen LogP contribution is 2.29. The molecule has 0 saturated carbocycles. The Hall–Kier alpha value is -2.12. The molecule has 0 aliphatic heterocycles. The number of aryl methyl sites for hydroxylation is 1. The lowest BCUT2D eigenvalue weighted by Gasteiger charge is -2.11. The molecule has 7 heteroatoms. The van der Waals surface area contributed by atoms with Crippen molar-refractivity contribution in [3.63, 3.8) is 0 Å². The second-order valence-corrected chi connectivity index (χ2v) is 6.69. The molecule has 0 aromatic heterocycles. The number of ether oxygens (including phenoxy) is 2. The highest BCUT2D eigenvalue weighted by molar-refractivity contribution is 7.89. The van der Waals surface area contributed by atoms with E-state index in [1.807, 2.05) is 0 Å². The van der Waals surface area contributed by atoms with Gasteiger partial charge in [0.1, 0.15) is 5.82 Å². The van der Waals surface area contributed by atoms with Crippen LogP contribution in [-0.2, 0) is 16.6 Å². The first-order valence-electron chi connectivity index (χ1n) is 6.84. The monoisotopic (exact) mass is 339 g/mol. The first-order chi connectivity index (χ1) is 10.9. The molecule has 0 fully saturated rings. The van der Waals surface area contributed by atoms with Gasteiger partial charge in [0, 0.05) is 12.6 Å². The third-order valence-corrected chi connectivity index (χ3v) is 4.77. The van der Waals surface area contributed by atoms with E-state index < -0.39 is 10.0 Å². The summed E-state index contributed by atoms with van der Waals surface area (Å²) >= 11 is 0. The quantitative estimate of drug-likeness (QED) is 0.879. The predicted molar refractivity (Wildman–Crippen MR) is 84.7 cm³/mol. The largest absolute Gasteiger partial charge is 0.493 e. The summed E-state index contributed by atoms with van der Waals surface area (Å²) in [6.45, 7) is 1.64. The summed E-state index contributed by atoms with van der Waals surface area (Å²) in [6.07, 6.45) is 0. The third kappa shape index (κ3) is 4.00. The van der Waals surface area contributed by atoms with Crippen LogP contribution < -0.4 is 14.2 Å². The molecule has 0 aliphatic rings. The van der Waals surface area contributed by atoms with Gasteiger partial charge in [-0.2, -0.15) is 0 Å². The maximum Gasteiger partial charge on any atom is 0.241 e. The summed E-state index contributed by atoms with van der Waals surface area (Å²) < 4.78 is 50.8. The molecular weight excluding hydrogens is 321 g/mol. The Balaban J connectivity index is 2.20. The normalized spacial score (nSPS) is 11.3. The Kier molecular flexibility index (Phi) is 5.23. The number of hydrogen-bond donors (Lipinski definition) is 1. The van der Waals surface area contributed by atoms with E-state index in [1.54, 1.807) is 19.1 Å². The third-order valence-electron chi connectivity index (χ3n) is 3.37. The number of methoxy groups -OCH3 is 2. The Morgan fingerprint density at radius 2 is 1.74 bits per heavy atom. The topological polar surface area (TPSA) is 64.6 Å². The van der Waals surface area contributed by atoms with Gasteiger partial charge in [0.15, 0.2) is 11.5 Å². The van der Waals surface area contributed by atoms with Gasteiger partial charge in [-0.1, -0.05) is 12.1 Å². The molecule has 5 nitrogen and oxygen atoms in total. The van der Waals surface area contributed by atoms with Crippen LogP contribution >= 0.6 is 0 Å². The summed E-state index contributed by atoms with van der Waals surface area (Å²) in [6, 6.07) is 8.90. The van der Waals surface area contributed by atoms with Crippen molar-refractivity contribution in [2.75, 3.05) is 14.2 Å². The van der Waals surface area contributed by atoms with Crippen LogP contribution in [0.5, 0.6) is 11.5 Å². The van der Waals surface area contributed by atoms with E-state index in [9.17, 15) is 12.8 Å². The zero-order valence-electron chi connectivity index (χ0n) is 13.1. The van der Waals surface area contributed by atoms with Crippen molar-refractivity contribution in [3.05, 3.63) is 53.3 Å². The van der Waals surface area contributed by atoms with Gasteiger partial charge in [-0.15, -0.1) is 0 Å². The van der Waals surface area contributed by atoms with Crippen LogP contribution in [0.15, 0.2) is 41.3 Å². The fourth-order valence-electron chi connectivity index (χ4n) is 1.99. The molecule has 0 unspecified atom stereocenters. The first kappa shape index (κ1) is 17.2. The van der Waals surface area contributed by atoms with E-state index >= 15 is 0 Å². The van der Waals surface area contributed by atoms with Gasteiger partial charge in [-0.05, 0) is 36.2 Å². The molecule has 0 heterocycles. The number of rotatable bonds is 6. The molecule has 2 rings (SSSR count). The van der Waals surface area contributed by atoms with Crippen LogP contribution in [0.25, 0.3) is 0 Å². The predicted octanol–water partition coefficient (Wildman–Crippen LogP) is 2.63. The van der Waals surface area contributed by atoms with Crippen molar-refractivity contribution in [3.8, 4) is 11.5 Å². The maximum atomic E-state index is 13.5. The van der Waals surface area contributed by atoms with E-state index in [2.05, 4.69) is 4.72 Å². The zero-order chi connectivity index (χ0) is 17.0. The van der Waals surface area contributed by atoms with Crippen LogP contribution in [0.4, 0.5) is 4.39 Å². The summed E-state index contributed by atoms with van der Waals surface area (Å²) in [5.41, 5.74) is 1.05. The van der Waals surface area contributed by atoms with Crippen molar-refractivity contribution in [2.24, 2.45) is 0 Å². The molecule has 0 saturated heterocycles. The van der Waals surface area contributed by atoms with Crippen LogP contribution in [0.2, 0.25) is 0 Å². The Morgan fingerprint density at radius 3 is 2.35 bits per heavy atom. The molecule has 0 aliphatic carbocycles. The molecule has 0 atom stereocenters. The smallest absolute Gasteiger partial charge is 0.241 e. The zero-order valence-corrected chi connectivity index (χ0v) is 13.9. The van der Waals surface area contributed by atoms with Gasteiger partial charge in [0.25, 0.3) is 0 Å². The summed E-state index contributed by atoms with van der Waals surface area (Å²) in [4.78, 5) is 0.0442. The highest BCUT2D eigenvalue weighted by Gasteiger charge is 2.17. The van der Waals surface area contributed by atoms with Crippen molar-refractivity contribution in [1.29, 1.82) is 0 Å². The second kappa shape index (κ2) is 6.97. The van der Waals surface area contributed by atoms with Crippen molar-refractivity contribution in [1.82, 2.24) is 4.72 Å². The minimum atomic E-state index is -3.75. The molecule has 0 amide bonds. The van der Waals surface area contributed by atoms with Crippen molar-refractivity contribution < 1.29 is 22.3 Å². The number of hydrogen-bond acceptors (Lipinski definition) is 4. The van der Waals surface area contributed by atoms with Crippen LogP contribution in [0.1, 0.15) is 11.1 Å². The van der Waals surface area contributed by atoms with Crippen LogP contribution in [0, 0.1) is 12.7 Å². The number of sulfonamides is 1. The molecule has 0 bridgehead atoms. The fraction of sp³-hybridized carbons (Fsp3) is 0.250. The van der Waals surface area contributed by atoms with Gasteiger partial charge in [-0.25, -0.2) is 17.5 Å². The summed E-state index contributed by atoms with van der Waals surface area (Å²) in [7, 11) is -0.851. The van der Waals surface area contributed by atoms with E-state index in [4.69, 9.17) is 9.47 Å². The summed E-state index contributed by atoms with van der Waals surface area (Å²) in [5, 5.41) is 0. The lowest BCUT2D eigenvalue weighted by Crippen LogP contribution is -2.23. The van der Waals surface area contributed by atoms with E-state index in [0.29, 0.717) is 22.6 Å². The minimum absolute atomic E-state index is 0.00607. The van der Waals surface area contributed by atoms with E-state index in [1.165, 1.54) is 38.5 Å². The second-order valence-electron chi connectivity index (χ2n) is 4.92. The SMILES string of the molecule is COc1ccc(S(=O)(=O)NCc2ccc(C)c(F)c2)cc1OC. The van der Waals surface area contributed by atoms with Crippen molar-refractivity contribution >= 4 is 10.0 Å². The standard InChI is InChI=1S/C16H18FNO4S/c1-11-4-5-12(8-14(11)17)10-18-23(19,20)13-6-7-15(21-2)16(9-13)22-3/h4-9,18H,10H2,1-3H3. The average molecular weight is 339 g/mol. The molecule has 1 N–H and O–H groups in total. The molecule has 0 spiro atoms. The fourth-order valence-corrected chi connectivity index (χ4v) is 3.02. The van der Waals surface area contributed by atoms with Crippen LogP contribution in [-0.4, -0.2) is 22.6 Å². The molecular formula is C16H18FNO4S. The minimum Gasteiger partial charge on any atom is -0.493 e. The Bertz CT molecular complexity index is 806. The number of benzene rings is 2. The average Bonchev–Trinajstić information content (AvgIpc) is 2.55. The Morgan fingerprint density at radius 1 is 1.04 bits per heavy atom. The molecule has 0 radical (unpaired) electrons. The lowest BCUT2D eigenvalue weighted by atomic mass is 10.1. The van der Waals surface area contributed by atoms with Crippen LogP contribution in [0.3, 0.4) is 0 Å². The maximum absolute atomic E-state index is 13.5. The molecule has 2 aromatic rings. The Labute approximate surface area is 135 Å². The number of nitrogens with one attached hydrogen (secondary N) is 1.